The molecule has 4 rings (SSSR count). The highest BCUT2D eigenvalue weighted by Gasteiger charge is 2.17. The standard InChI is InChI=1S/C23H22N6O/c1-2-14-29-22(26-27-28-29)21-15-18(11-12-20(21)17-8-4-3-5-9-17)23(30)25-16-19-10-6-7-13-24-19/h3-13,15H,2,14,16H2,1H3,(H,25,30). The Kier molecular flexibility index (Phi) is 5.89. The third-order valence-corrected chi connectivity index (χ3v) is 4.73. The lowest BCUT2D eigenvalue weighted by Crippen LogP contribution is -2.23. The SMILES string of the molecule is CCCn1nnnc1-c1cc(C(=O)NCc2ccccn2)ccc1-c1ccccc1. The first-order valence-corrected chi connectivity index (χ1v) is 9.90. The summed E-state index contributed by atoms with van der Waals surface area (Å²) in [7, 11) is 0. The highest BCUT2D eigenvalue weighted by atomic mass is 16.1. The Balaban J connectivity index is 1.70. The van der Waals surface area contributed by atoms with Gasteiger partial charge in [0.1, 0.15) is 0 Å². The molecule has 0 fully saturated rings. The van der Waals surface area contributed by atoms with Crippen LogP contribution in [0.2, 0.25) is 0 Å². The van der Waals surface area contributed by atoms with Gasteiger partial charge in [0.05, 0.1) is 12.2 Å². The number of rotatable bonds is 7. The summed E-state index contributed by atoms with van der Waals surface area (Å²) in [6.45, 7) is 3.14. The van der Waals surface area contributed by atoms with Crippen molar-refractivity contribution in [2.24, 2.45) is 0 Å². The lowest BCUT2D eigenvalue weighted by molar-refractivity contribution is 0.0950. The Morgan fingerprint density at radius 3 is 2.60 bits per heavy atom. The average Bonchev–Trinajstić information content (AvgIpc) is 3.27. The highest BCUT2D eigenvalue weighted by molar-refractivity contribution is 5.97. The summed E-state index contributed by atoms with van der Waals surface area (Å²) in [4.78, 5) is 17.0. The molecule has 7 nitrogen and oxygen atoms in total. The topological polar surface area (TPSA) is 85.6 Å². The number of benzene rings is 2. The normalized spacial score (nSPS) is 10.7. The molecule has 7 heteroatoms. The summed E-state index contributed by atoms with van der Waals surface area (Å²) in [5.41, 5.74) is 4.19. The Bertz CT molecular complexity index is 1120. The fraction of sp³-hybridized carbons (Fsp3) is 0.174. The number of hydrogen-bond acceptors (Lipinski definition) is 5. The summed E-state index contributed by atoms with van der Waals surface area (Å²) < 4.78 is 1.78. The van der Waals surface area contributed by atoms with E-state index in [1.165, 1.54) is 0 Å². The van der Waals surface area contributed by atoms with E-state index < -0.39 is 0 Å². The van der Waals surface area contributed by atoms with Crippen molar-refractivity contribution >= 4 is 5.91 Å². The van der Waals surface area contributed by atoms with Crippen LogP contribution >= 0.6 is 0 Å². The molecular weight excluding hydrogens is 376 g/mol. The number of pyridine rings is 1. The lowest BCUT2D eigenvalue weighted by Gasteiger charge is -2.12. The van der Waals surface area contributed by atoms with Gasteiger partial charge in [0, 0.05) is 23.9 Å². The molecule has 4 aromatic rings. The van der Waals surface area contributed by atoms with Crippen LogP contribution in [0, 0.1) is 0 Å². The molecule has 0 saturated carbocycles. The second-order valence-corrected chi connectivity index (χ2v) is 6.86. The van der Waals surface area contributed by atoms with Crippen LogP contribution in [-0.4, -0.2) is 31.1 Å². The maximum atomic E-state index is 12.8. The van der Waals surface area contributed by atoms with Crippen molar-refractivity contribution < 1.29 is 4.79 Å². The van der Waals surface area contributed by atoms with Gasteiger partial charge in [0.2, 0.25) is 0 Å². The summed E-state index contributed by atoms with van der Waals surface area (Å²) in [5.74, 6) is 0.478. The number of amides is 1. The van der Waals surface area contributed by atoms with E-state index in [1.807, 2.05) is 66.7 Å². The fourth-order valence-electron chi connectivity index (χ4n) is 3.28. The Morgan fingerprint density at radius 2 is 1.83 bits per heavy atom. The molecule has 0 radical (unpaired) electrons. The number of aromatic nitrogens is 5. The first-order chi connectivity index (χ1) is 14.8. The first-order valence-electron chi connectivity index (χ1n) is 9.90. The summed E-state index contributed by atoms with van der Waals surface area (Å²) in [5, 5.41) is 15.1. The van der Waals surface area contributed by atoms with Crippen molar-refractivity contribution in [2.75, 3.05) is 0 Å². The second kappa shape index (κ2) is 9.09. The zero-order chi connectivity index (χ0) is 20.8. The van der Waals surface area contributed by atoms with Gasteiger partial charge in [0.15, 0.2) is 5.82 Å². The molecule has 2 aromatic carbocycles. The van der Waals surface area contributed by atoms with Crippen LogP contribution in [0.25, 0.3) is 22.5 Å². The number of carbonyl (C=O) groups is 1. The van der Waals surface area contributed by atoms with E-state index in [-0.39, 0.29) is 5.91 Å². The first kappa shape index (κ1) is 19.4. The minimum Gasteiger partial charge on any atom is -0.346 e. The number of carbonyl (C=O) groups excluding carboxylic acids is 1. The fourth-order valence-corrected chi connectivity index (χ4v) is 3.28. The molecule has 0 unspecified atom stereocenters. The lowest BCUT2D eigenvalue weighted by atomic mass is 9.96. The number of hydrogen-bond donors (Lipinski definition) is 1. The van der Waals surface area contributed by atoms with Crippen molar-refractivity contribution in [3.8, 4) is 22.5 Å². The van der Waals surface area contributed by atoms with E-state index >= 15 is 0 Å². The molecule has 1 N–H and O–H groups in total. The van der Waals surface area contributed by atoms with E-state index in [9.17, 15) is 4.79 Å². The third kappa shape index (κ3) is 4.25. The van der Waals surface area contributed by atoms with Crippen molar-refractivity contribution in [3.05, 3.63) is 84.2 Å². The molecule has 0 bridgehead atoms. The zero-order valence-corrected chi connectivity index (χ0v) is 16.7. The minimum absolute atomic E-state index is 0.170. The van der Waals surface area contributed by atoms with E-state index in [0.717, 1.165) is 28.8 Å². The van der Waals surface area contributed by atoms with Crippen LogP contribution < -0.4 is 5.32 Å². The molecule has 0 aliphatic rings. The number of nitrogens with zero attached hydrogens (tertiary/aromatic N) is 5. The molecule has 2 heterocycles. The van der Waals surface area contributed by atoms with E-state index in [0.29, 0.717) is 24.5 Å². The van der Waals surface area contributed by atoms with Crippen molar-refractivity contribution in [1.29, 1.82) is 0 Å². The monoisotopic (exact) mass is 398 g/mol. The van der Waals surface area contributed by atoms with Gasteiger partial charge in [-0.25, -0.2) is 4.68 Å². The Hall–Kier alpha value is -3.87. The number of tetrazole rings is 1. The maximum Gasteiger partial charge on any atom is 0.251 e. The van der Waals surface area contributed by atoms with Crippen molar-refractivity contribution in [1.82, 2.24) is 30.5 Å². The number of nitrogens with one attached hydrogen (secondary N) is 1. The minimum atomic E-state index is -0.170. The molecule has 2 aromatic heterocycles. The molecule has 1 amide bonds. The Morgan fingerprint density at radius 1 is 1.00 bits per heavy atom. The smallest absolute Gasteiger partial charge is 0.251 e. The van der Waals surface area contributed by atoms with Gasteiger partial charge < -0.3 is 5.32 Å². The van der Waals surface area contributed by atoms with Crippen molar-refractivity contribution in [3.63, 3.8) is 0 Å². The molecule has 0 atom stereocenters. The average molecular weight is 398 g/mol. The van der Waals surface area contributed by atoms with E-state index in [1.54, 1.807) is 10.9 Å². The molecule has 0 saturated heterocycles. The van der Waals surface area contributed by atoms with Gasteiger partial charge in [-0.1, -0.05) is 49.4 Å². The summed E-state index contributed by atoms with van der Waals surface area (Å²) in [6, 6.07) is 21.3. The van der Waals surface area contributed by atoms with Crippen molar-refractivity contribution in [2.45, 2.75) is 26.4 Å². The van der Waals surface area contributed by atoms with Gasteiger partial charge in [0.25, 0.3) is 5.91 Å². The van der Waals surface area contributed by atoms with Crippen LogP contribution in [0.4, 0.5) is 0 Å². The maximum absolute atomic E-state index is 12.8. The molecule has 30 heavy (non-hydrogen) atoms. The predicted octanol–water partition coefficient (Wildman–Crippen LogP) is 3.74. The molecule has 0 aliphatic carbocycles. The van der Waals surface area contributed by atoms with Crippen LogP contribution in [0.15, 0.2) is 72.9 Å². The third-order valence-electron chi connectivity index (χ3n) is 4.73. The molecule has 0 spiro atoms. The van der Waals surface area contributed by atoms with Crippen LogP contribution in [0.5, 0.6) is 0 Å². The van der Waals surface area contributed by atoms with Crippen LogP contribution in [0.1, 0.15) is 29.4 Å². The Labute approximate surface area is 174 Å². The van der Waals surface area contributed by atoms with E-state index in [2.05, 4.69) is 32.7 Å². The van der Waals surface area contributed by atoms with Gasteiger partial charge in [-0.3, -0.25) is 9.78 Å². The predicted molar refractivity (Wildman–Crippen MR) is 114 cm³/mol. The summed E-state index contributed by atoms with van der Waals surface area (Å²) >= 11 is 0. The molecule has 150 valence electrons. The van der Waals surface area contributed by atoms with Gasteiger partial charge in [-0.15, -0.1) is 5.10 Å². The molecular formula is C23H22N6O. The highest BCUT2D eigenvalue weighted by Crippen LogP contribution is 2.31. The van der Waals surface area contributed by atoms with Gasteiger partial charge in [-0.2, -0.15) is 0 Å². The second-order valence-electron chi connectivity index (χ2n) is 6.86. The van der Waals surface area contributed by atoms with Crippen LogP contribution in [-0.2, 0) is 13.1 Å². The van der Waals surface area contributed by atoms with E-state index in [4.69, 9.17) is 0 Å². The summed E-state index contributed by atoms with van der Waals surface area (Å²) in [6.07, 6.45) is 2.62. The van der Waals surface area contributed by atoms with Crippen LogP contribution in [0.3, 0.4) is 0 Å². The largest absolute Gasteiger partial charge is 0.346 e. The van der Waals surface area contributed by atoms with Gasteiger partial charge in [-0.05, 0) is 52.2 Å². The molecule has 0 aliphatic heterocycles. The van der Waals surface area contributed by atoms with Gasteiger partial charge >= 0.3 is 0 Å². The zero-order valence-electron chi connectivity index (χ0n) is 16.7. The number of aryl methyl sites for hydroxylation is 1. The quantitative estimate of drug-likeness (QED) is 0.512.